The van der Waals surface area contributed by atoms with E-state index >= 15 is 0 Å². The van der Waals surface area contributed by atoms with Gasteiger partial charge in [0.05, 0.1) is 22.6 Å². The fourth-order valence-corrected chi connectivity index (χ4v) is 4.20. The van der Waals surface area contributed by atoms with Crippen molar-refractivity contribution in [3.05, 3.63) is 12.7 Å². The Balaban J connectivity index is 1.77. The third kappa shape index (κ3) is 3.99. The summed E-state index contributed by atoms with van der Waals surface area (Å²) in [5.74, 6) is -1.47. The highest BCUT2D eigenvalue weighted by Gasteiger charge is 2.46. The monoisotopic (exact) mass is 401 g/mol. The maximum Gasteiger partial charge on any atom is 0.167 e. The highest BCUT2D eigenvalue weighted by molar-refractivity contribution is 7.96. The fourth-order valence-electron chi connectivity index (χ4n) is 2.82. The van der Waals surface area contributed by atoms with Crippen molar-refractivity contribution >= 4 is 33.8 Å². The number of fused-ring (bicyclic) bond motifs is 1. The van der Waals surface area contributed by atoms with E-state index in [0.717, 1.165) is 0 Å². The summed E-state index contributed by atoms with van der Waals surface area (Å²) >= 11 is 0. The number of aromatic nitrogens is 4. The Morgan fingerprint density at radius 1 is 1.48 bits per heavy atom. The van der Waals surface area contributed by atoms with Gasteiger partial charge in [0, 0.05) is 12.5 Å². The number of nitrogens with two attached hydrogens (primary N) is 2. The summed E-state index contributed by atoms with van der Waals surface area (Å²) in [5, 5.41) is 31.8. The van der Waals surface area contributed by atoms with E-state index in [1.165, 1.54) is 17.2 Å². The SMILES string of the molecule is [2H]C([2H])([2H])[S+](CC[C@H](N)C(=O)[O-])C[C@H]1O[C@@H](n2cnc3c(N)ncnc32)[C@H](O)[C@@H]1O. The number of hydrogen-bond acceptors (Lipinski definition) is 10. The molecule has 2 aromatic heterocycles. The number of aliphatic carboxylic acids is 1. The number of carboxylic acids is 1. The Morgan fingerprint density at radius 3 is 2.96 bits per heavy atom. The summed E-state index contributed by atoms with van der Waals surface area (Å²) in [6.45, 7) is 0. The Kier molecular flexibility index (Phi) is 4.71. The van der Waals surface area contributed by atoms with Crippen LogP contribution in [0.15, 0.2) is 12.7 Å². The van der Waals surface area contributed by atoms with Gasteiger partial charge in [-0.3, -0.25) is 4.57 Å². The van der Waals surface area contributed by atoms with Crippen LogP contribution in [0.1, 0.15) is 16.8 Å². The highest BCUT2D eigenvalue weighted by atomic mass is 32.2. The molecule has 0 amide bonds. The maximum atomic E-state index is 10.8. The molecule has 2 aromatic rings. The van der Waals surface area contributed by atoms with Crippen molar-refractivity contribution in [2.24, 2.45) is 5.73 Å². The summed E-state index contributed by atoms with van der Waals surface area (Å²) in [4.78, 5) is 22.8. The zero-order valence-corrected chi connectivity index (χ0v) is 15.0. The fraction of sp³-hybridized carbons (Fsp3) is 0.600. The quantitative estimate of drug-likeness (QED) is 0.343. The molecule has 12 heteroatoms. The third-order valence-electron chi connectivity index (χ3n) is 4.34. The lowest BCUT2D eigenvalue weighted by Gasteiger charge is -2.16. The lowest BCUT2D eigenvalue weighted by molar-refractivity contribution is -0.307. The molecule has 0 aromatic carbocycles. The van der Waals surface area contributed by atoms with E-state index < -0.39 is 53.6 Å². The zero-order valence-electron chi connectivity index (χ0n) is 17.1. The van der Waals surface area contributed by atoms with Gasteiger partial charge in [0.2, 0.25) is 0 Å². The molecule has 11 nitrogen and oxygen atoms in total. The van der Waals surface area contributed by atoms with Crippen LogP contribution in [0.25, 0.3) is 11.2 Å². The topological polar surface area (TPSA) is 185 Å². The molecule has 1 aliphatic rings. The molecule has 148 valence electrons. The number of carbonyl (C=O) groups excluding carboxylic acids is 1. The maximum absolute atomic E-state index is 10.8. The number of rotatable bonds is 7. The molecule has 1 saturated heterocycles. The Hall–Kier alpha value is -1.99. The Labute approximate surface area is 161 Å². The number of anilines is 1. The average molecular weight is 401 g/mol. The van der Waals surface area contributed by atoms with E-state index in [0.29, 0.717) is 5.52 Å². The molecule has 1 fully saturated rings. The van der Waals surface area contributed by atoms with E-state index in [2.05, 4.69) is 15.0 Å². The van der Waals surface area contributed by atoms with Gasteiger partial charge in [0.1, 0.15) is 41.7 Å². The van der Waals surface area contributed by atoms with Crippen molar-refractivity contribution < 1.29 is 29.0 Å². The van der Waals surface area contributed by atoms with Crippen molar-refractivity contribution in [3.63, 3.8) is 0 Å². The molecule has 3 rings (SSSR count). The van der Waals surface area contributed by atoms with Gasteiger partial charge < -0.3 is 36.3 Å². The van der Waals surface area contributed by atoms with E-state index in [-0.39, 0.29) is 29.4 Å². The molecule has 1 aliphatic heterocycles. The van der Waals surface area contributed by atoms with Crippen LogP contribution >= 0.6 is 0 Å². The smallest absolute Gasteiger partial charge is 0.167 e. The van der Waals surface area contributed by atoms with Gasteiger partial charge in [0.15, 0.2) is 17.7 Å². The van der Waals surface area contributed by atoms with Crippen molar-refractivity contribution in [2.75, 3.05) is 23.4 Å². The van der Waals surface area contributed by atoms with Crippen molar-refractivity contribution in [2.45, 2.75) is 37.0 Å². The van der Waals surface area contributed by atoms with Crippen LogP contribution in [0, 0.1) is 0 Å². The molecule has 6 atom stereocenters. The number of aliphatic hydroxyl groups is 2. The van der Waals surface area contributed by atoms with Gasteiger partial charge in [0.25, 0.3) is 0 Å². The van der Waals surface area contributed by atoms with Crippen molar-refractivity contribution in [1.82, 2.24) is 19.5 Å². The molecule has 1 unspecified atom stereocenters. The summed E-state index contributed by atoms with van der Waals surface area (Å²) < 4.78 is 30.4. The van der Waals surface area contributed by atoms with Crippen LogP contribution in [0.3, 0.4) is 0 Å². The second-order valence-corrected chi connectivity index (χ2v) is 7.93. The number of hydrogen-bond donors (Lipinski definition) is 4. The first-order chi connectivity index (χ1) is 14.0. The van der Waals surface area contributed by atoms with E-state index in [4.69, 9.17) is 20.3 Å². The van der Waals surface area contributed by atoms with Crippen LogP contribution in [-0.4, -0.2) is 77.7 Å². The molecule has 0 spiro atoms. The summed E-state index contributed by atoms with van der Waals surface area (Å²) in [7, 11) is -1.33. The molecular formula is C15H22N6O5S. The number of ether oxygens (including phenoxy) is 1. The second-order valence-electron chi connectivity index (χ2n) is 6.21. The lowest BCUT2D eigenvalue weighted by atomic mass is 10.1. The molecule has 0 radical (unpaired) electrons. The summed E-state index contributed by atoms with van der Waals surface area (Å²) in [5.41, 5.74) is 11.8. The summed E-state index contributed by atoms with van der Waals surface area (Å²) in [6, 6.07) is -1.29. The van der Waals surface area contributed by atoms with Gasteiger partial charge in [-0.2, -0.15) is 0 Å². The number of nitrogens with zero attached hydrogens (tertiary/aromatic N) is 4. The van der Waals surface area contributed by atoms with Gasteiger partial charge in [-0.1, -0.05) is 0 Å². The van der Waals surface area contributed by atoms with Gasteiger partial charge in [-0.25, -0.2) is 15.0 Å². The highest BCUT2D eigenvalue weighted by Crippen LogP contribution is 2.32. The molecule has 0 aliphatic carbocycles. The van der Waals surface area contributed by atoms with Crippen molar-refractivity contribution in [1.29, 1.82) is 0 Å². The van der Waals surface area contributed by atoms with Crippen LogP contribution in [0.4, 0.5) is 5.82 Å². The number of nitrogen functional groups attached to an aromatic ring is 1. The first-order valence-electron chi connectivity index (χ1n) is 9.59. The average Bonchev–Trinajstić information content (AvgIpc) is 3.21. The first-order valence-corrected chi connectivity index (χ1v) is 9.65. The molecule has 0 saturated carbocycles. The molecular weight excluding hydrogens is 376 g/mol. The molecule has 3 heterocycles. The standard InChI is InChI=1S/C15H22N6O5S/c1-27(3-2-7(16)15(24)25)4-8-10(22)11(23)14(26-8)21-6-20-9-12(17)18-5-19-13(9)21/h5-8,10-11,14,22-23H,2-4,16H2,1H3,(H2-,17,18,19,24,25)/t7-,8+,10+,11+,14+,27?/m0/s1/i1D3. The van der Waals surface area contributed by atoms with E-state index in [1.807, 2.05) is 0 Å². The summed E-state index contributed by atoms with van der Waals surface area (Å²) in [6.07, 6.45) is -4.79. The normalized spacial score (nSPS) is 29.8. The molecule has 0 bridgehead atoms. The van der Waals surface area contributed by atoms with Crippen LogP contribution in [0.2, 0.25) is 0 Å². The molecule has 6 N–H and O–H groups in total. The number of imidazole rings is 1. The minimum Gasteiger partial charge on any atom is -0.548 e. The lowest BCUT2D eigenvalue weighted by Crippen LogP contribution is -2.43. The van der Waals surface area contributed by atoms with E-state index in [1.54, 1.807) is 0 Å². The number of carbonyl (C=O) groups is 1. The number of aliphatic hydroxyl groups excluding tert-OH is 2. The second kappa shape index (κ2) is 7.94. The predicted molar refractivity (Wildman–Crippen MR) is 96.3 cm³/mol. The van der Waals surface area contributed by atoms with Crippen molar-refractivity contribution in [3.8, 4) is 0 Å². The predicted octanol–water partition coefficient (Wildman–Crippen LogP) is -3.26. The largest absolute Gasteiger partial charge is 0.548 e. The van der Waals surface area contributed by atoms with Crippen LogP contribution in [0.5, 0.6) is 0 Å². The zero-order chi connectivity index (χ0) is 22.2. The van der Waals surface area contributed by atoms with Gasteiger partial charge in [-0.15, -0.1) is 0 Å². The first kappa shape index (κ1) is 16.0. The molecule has 27 heavy (non-hydrogen) atoms. The Bertz CT molecular complexity index is 915. The van der Waals surface area contributed by atoms with Crippen LogP contribution < -0.4 is 16.6 Å². The minimum absolute atomic E-state index is 0.0171. The minimum atomic E-state index is -2.42. The van der Waals surface area contributed by atoms with Gasteiger partial charge >= 0.3 is 0 Å². The van der Waals surface area contributed by atoms with E-state index in [9.17, 15) is 20.1 Å². The number of carboxylic acid groups (broad SMARTS) is 1. The Morgan fingerprint density at radius 2 is 2.26 bits per heavy atom. The third-order valence-corrected chi connectivity index (χ3v) is 5.80. The van der Waals surface area contributed by atoms with Crippen LogP contribution in [-0.2, 0) is 20.4 Å². The van der Waals surface area contributed by atoms with Gasteiger partial charge in [-0.05, 0) is 10.9 Å².